The van der Waals surface area contributed by atoms with Gasteiger partial charge in [-0.15, -0.1) is 0 Å². The Hall–Kier alpha value is -2.57. The van der Waals surface area contributed by atoms with Crippen LogP contribution in [-0.2, 0) is 14.3 Å². The molecular formula is C14H18N2O5. The summed E-state index contributed by atoms with van der Waals surface area (Å²) in [6.45, 7) is 1.82. The minimum absolute atomic E-state index is 0.0385. The number of carbonyl (C=O) groups excluding carboxylic acids is 2. The van der Waals surface area contributed by atoms with Gasteiger partial charge in [0.25, 0.3) is 0 Å². The molecule has 3 N–H and O–H groups in total. The monoisotopic (exact) mass is 294 g/mol. The lowest BCUT2D eigenvalue weighted by Crippen LogP contribution is -2.43. The summed E-state index contributed by atoms with van der Waals surface area (Å²) in [5, 5.41) is 13.9. The van der Waals surface area contributed by atoms with Crippen LogP contribution in [0.15, 0.2) is 24.3 Å². The van der Waals surface area contributed by atoms with Crippen molar-refractivity contribution in [2.45, 2.75) is 25.8 Å². The Morgan fingerprint density at radius 3 is 2.52 bits per heavy atom. The number of aliphatic carboxylic acids is 1. The number of amides is 2. The largest absolute Gasteiger partial charge is 0.480 e. The van der Waals surface area contributed by atoms with Gasteiger partial charge in [0.15, 0.2) is 0 Å². The zero-order valence-corrected chi connectivity index (χ0v) is 11.9. The molecule has 1 aromatic rings. The van der Waals surface area contributed by atoms with Crippen LogP contribution in [0.5, 0.6) is 0 Å². The van der Waals surface area contributed by atoms with Crippen LogP contribution in [0.4, 0.5) is 10.5 Å². The molecule has 1 atom stereocenters. The van der Waals surface area contributed by atoms with Gasteiger partial charge < -0.3 is 20.5 Å². The molecule has 0 aliphatic carbocycles. The molecule has 7 nitrogen and oxygen atoms in total. The number of carbonyl (C=O) groups is 3. The molecule has 0 heterocycles. The summed E-state index contributed by atoms with van der Waals surface area (Å²) in [6.07, 6.45) is -0.124. The molecular weight excluding hydrogens is 276 g/mol. The maximum Gasteiger partial charge on any atom is 0.326 e. The fraction of sp³-hybridized carbons (Fsp3) is 0.357. The molecule has 0 aliphatic rings. The number of hydrogen-bond donors (Lipinski definition) is 3. The fourth-order valence-corrected chi connectivity index (χ4v) is 1.65. The van der Waals surface area contributed by atoms with Gasteiger partial charge >= 0.3 is 18.0 Å². The van der Waals surface area contributed by atoms with E-state index < -0.39 is 24.0 Å². The minimum atomic E-state index is -1.21. The molecule has 0 radical (unpaired) electrons. The number of hydrogen-bond acceptors (Lipinski definition) is 4. The number of nitrogens with one attached hydrogen (secondary N) is 2. The van der Waals surface area contributed by atoms with E-state index in [1.54, 1.807) is 12.1 Å². The van der Waals surface area contributed by atoms with Crippen molar-refractivity contribution in [2.75, 3.05) is 12.4 Å². The Morgan fingerprint density at radius 2 is 1.95 bits per heavy atom. The summed E-state index contributed by atoms with van der Waals surface area (Å²) in [6, 6.07) is 5.32. The smallest absolute Gasteiger partial charge is 0.326 e. The number of urea groups is 1. The van der Waals surface area contributed by atoms with E-state index in [-0.39, 0.29) is 12.8 Å². The number of carboxylic acid groups (broad SMARTS) is 1. The zero-order chi connectivity index (χ0) is 15.8. The molecule has 0 bridgehead atoms. The summed E-state index contributed by atoms with van der Waals surface area (Å²) in [5.41, 5.74) is 1.45. The molecule has 0 unspecified atom stereocenters. The quantitative estimate of drug-likeness (QED) is 0.690. The summed E-state index contributed by atoms with van der Waals surface area (Å²) >= 11 is 0. The van der Waals surface area contributed by atoms with Gasteiger partial charge in [-0.25, -0.2) is 9.59 Å². The van der Waals surface area contributed by atoms with E-state index in [1.165, 1.54) is 7.11 Å². The maximum atomic E-state index is 11.8. The number of carboxylic acids is 1. The third-order valence-corrected chi connectivity index (χ3v) is 2.86. The maximum absolute atomic E-state index is 11.8. The number of rotatable bonds is 6. The Balaban J connectivity index is 2.58. The van der Waals surface area contributed by atoms with Crippen LogP contribution in [0.2, 0.25) is 0 Å². The number of benzene rings is 1. The number of anilines is 1. The van der Waals surface area contributed by atoms with Crippen molar-refractivity contribution in [1.82, 2.24) is 5.32 Å². The van der Waals surface area contributed by atoms with Crippen molar-refractivity contribution in [3.63, 3.8) is 0 Å². The van der Waals surface area contributed by atoms with Crippen LogP contribution in [0, 0.1) is 6.92 Å². The third-order valence-electron chi connectivity index (χ3n) is 2.86. The second kappa shape index (κ2) is 7.88. The Bertz CT molecular complexity index is 530. The predicted octanol–water partition coefficient (Wildman–Crippen LogP) is 1.52. The van der Waals surface area contributed by atoms with Crippen LogP contribution in [0.25, 0.3) is 0 Å². The molecule has 2 amide bonds. The van der Waals surface area contributed by atoms with Gasteiger partial charge in [-0.3, -0.25) is 4.79 Å². The highest BCUT2D eigenvalue weighted by Gasteiger charge is 2.21. The lowest BCUT2D eigenvalue weighted by molar-refractivity contribution is -0.142. The zero-order valence-electron chi connectivity index (χ0n) is 11.9. The molecule has 0 fully saturated rings. The average Bonchev–Trinajstić information content (AvgIpc) is 2.45. The molecule has 0 spiro atoms. The highest BCUT2D eigenvalue weighted by molar-refractivity contribution is 5.92. The van der Waals surface area contributed by atoms with Gasteiger partial charge in [0.2, 0.25) is 0 Å². The van der Waals surface area contributed by atoms with E-state index in [1.807, 2.05) is 19.1 Å². The molecule has 0 saturated carbocycles. The first-order valence-electron chi connectivity index (χ1n) is 6.36. The highest BCUT2D eigenvalue weighted by atomic mass is 16.5. The van der Waals surface area contributed by atoms with Crippen LogP contribution in [-0.4, -0.2) is 36.2 Å². The SMILES string of the molecule is COC(=O)CC[C@@H](NC(=O)Nc1ccccc1C)C(=O)O. The summed E-state index contributed by atoms with van der Waals surface area (Å²) in [7, 11) is 1.22. The highest BCUT2D eigenvalue weighted by Crippen LogP contribution is 2.12. The number of ether oxygens (including phenoxy) is 1. The van der Waals surface area contributed by atoms with Gasteiger partial charge in [-0.2, -0.15) is 0 Å². The van der Waals surface area contributed by atoms with Gasteiger partial charge in [-0.05, 0) is 25.0 Å². The lowest BCUT2D eigenvalue weighted by atomic mass is 10.1. The molecule has 21 heavy (non-hydrogen) atoms. The first kappa shape index (κ1) is 16.5. The number of esters is 1. The van der Waals surface area contributed by atoms with Crippen LogP contribution < -0.4 is 10.6 Å². The summed E-state index contributed by atoms with van der Waals surface area (Å²) in [4.78, 5) is 33.9. The van der Waals surface area contributed by atoms with Crippen molar-refractivity contribution in [2.24, 2.45) is 0 Å². The Morgan fingerprint density at radius 1 is 1.29 bits per heavy atom. The topological polar surface area (TPSA) is 105 Å². The average molecular weight is 294 g/mol. The first-order valence-corrected chi connectivity index (χ1v) is 6.36. The van der Waals surface area contributed by atoms with E-state index in [4.69, 9.17) is 5.11 Å². The van der Waals surface area contributed by atoms with Crippen LogP contribution in [0.3, 0.4) is 0 Å². The van der Waals surface area contributed by atoms with Crippen LogP contribution >= 0.6 is 0 Å². The van der Waals surface area contributed by atoms with E-state index in [2.05, 4.69) is 15.4 Å². The number of methoxy groups -OCH3 is 1. The second-order valence-electron chi connectivity index (χ2n) is 4.42. The van der Waals surface area contributed by atoms with Gasteiger partial charge in [0.1, 0.15) is 6.04 Å². The van der Waals surface area contributed by atoms with Crippen molar-refractivity contribution in [1.29, 1.82) is 0 Å². The van der Waals surface area contributed by atoms with E-state index in [9.17, 15) is 14.4 Å². The van der Waals surface area contributed by atoms with E-state index in [0.717, 1.165) is 5.56 Å². The molecule has 0 saturated heterocycles. The molecule has 1 rings (SSSR count). The third kappa shape index (κ3) is 5.52. The molecule has 0 aliphatic heterocycles. The van der Waals surface area contributed by atoms with Crippen molar-refractivity contribution >= 4 is 23.7 Å². The van der Waals surface area contributed by atoms with Crippen LogP contribution in [0.1, 0.15) is 18.4 Å². The molecule has 114 valence electrons. The lowest BCUT2D eigenvalue weighted by Gasteiger charge is -2.15. The van der Waals surface area contributed by atoms with Crippen molar-refractivity contribution < 1.29 is 24.2 Å². The predicted molar refractivity (Wildman–Crippen MR) is 76.0 cm³/mol. The van der Waals surface area contributed by atoms with Crippen molar-refractivity contribution in [3.8, 4) is 0 Å². The second-order valence-corrected chi connectivity index (χ2v) is 4.42. The minimum Gasteiger partial charge on any atom is -0.480 e. The van der Waals surface area contributed by atoms with E-state index in [0.29, 0.717) is 5.69 Å². The van der Waals surface area contributed by atoms with Gasteiger partial charge in [-0.1, -0.05) is 18.2 Å². The molecule has 0 aromatic heterocycles. The molecule has 1 aromatic carbocycles. The Kier molecular flexibility index (Phi) is 6.19. The fourth-order valence-electron chi connectivity index (χ4n) is 1.65. The Labute approximate surface area is 122 Å². The standard InChI is InChI=1S/C14H18N2O5/c1-9-5-3-4-6-10(9)15-14(20)16-11(13(18)19)7-8-12(17)21-2/h3-6,11H,7-8H2,1-2H3,(H,18,19)(H2,15,16,20)/t11-/m1/s1. The summed E-state index contributed by atoms with van der Waals surface area (Å²) in [5.74, 6) is -1.74. The first-order chi connectivity index (χ1) is 9.93. The number of para-hydroxylation sites is 1. The van der Waals surface area contributed by atoms with Crippen molar-refractivity contribution in [3.05, 3.63) is 29.8 Å². The normalized spacial score (nSPS) is 11.3. The van der Waals surface area contributed by atoms with Gasteiger partial charge in [0, 0.05) is 12.1 Å². The molecule has 7 heteroatoms. The number of aryl methyl sites for hydroxylation is 1. The summed E-state index contributed by atoms with van der Waals surface area (Å²) < 4.78 is 4.44. The van der Waals surface area contributed by atoms with E-state index >= 15 is 0 Å². The van der Waals surface area contributed by atoms with Gasteiger partial charge in [0.05, 0.1) is 7.11 Å².